The van der Waals surface area contributed by atoms with Crippen LogP contribution >= 0.6 is 0 Å². The van der Waals surface area contributed by atoms with Crippen molar-refractivity contribution in [3.8, 4) is 0 Å². The number of rotatable bonds is 6. The standard InChI is InChI=1S/C17H23NO3/c1-5-9-13(3)15-10-7-8-11-16(15)18(14(4)19)12-17(20)21-6-2/h5,7-11,13H,6,12H2,1-4H3/b9-5+. The molecule has 4 heteroatoms. The van der Waals surface area contributed by atoms with Gasteiger partial charge in [-0.15, -0.1) is 0 Å². The van der Waals surface area contributed by atoms with Crippen molar-refractivity contribution in [3.63, 3.8) is 0 Å². The molecule has 0 saturated carbocycles. The van der Waals surface area contributed by atoms with Gasteiger partial charge in [0.2, 0.25) is 5.91 Å². The first-order valence-corrected chi connectivity index (χ1v) is 7.16. The molecule has 0 bridgehead atoms. The van der Waals surface area contributed by atoms with Crippen molar-refractivity contribution in [2.24, 2.45) is 0 Å². The number of allylic oxidation sites excluding steroid dienone is 2. The van der Waals surface area contributed by atoms with Crippen LogP contribution in [0.2, 0.25) is 0 Å². The van der Waals surface area contributed by atoms with E-state index in [4.69, 9.17) is 4.74 Å². The van der Waals surface area contributed by atoms with Crippen LogP contribution in [-0.4, -0.2) is 25.0 Å². The van der Waals surface area contributed by atoms with Crippen molar-refractivity contribution in [1.82, 2.24) is 0 Å². The normalized spacial score (nSPS) is 12.2. The van der Waals surface area contributed by atoms with Gasteiger partial charge in [0.05, 0.1) is 6.61 Å². The van der Waals surface area contributed by atoms with Gasteiger partial charge in [0.25, 0.3) is 0 Å². The summed E-state index contributed by atoms with van der Waals surface area (Å²) in [6, 6.07) is 7.63. The molecule has 0 aromatic heterocycles. The molecule has 0 spiro atoms. The number of amides is 1. The minimum atomic E-state index is -0.402. The summed E-state index contributed by atoms with van der Waals surface area (Å²) in [6.45, 7) is 7.46. The third-order valence-electron chi connectivity index (χ3n) is 3.17. The quantitative estimate of drug-likeness (QED) is 0.596. The van der Waals surface area contributed by atoms with E-state index in [1.54, 1.807) is 6.92 Å². The van der Waals surface area contributed by atoms with Crippen LogP contribution in [0.15, 0.2) is 36.4 Å². The van der Waals surface area contributed by atoms with E-state index >= 15 is 0 Å². The number of hydrogen-bond acceptors (Lipinski definition) is 3. The Hall–Kier alpha value is -2.10. The average Bonchev–Trinajstić information content (AvgIpc) is 2.45. The number of para-hydroxylation sites is 1. The van der Waals surface area contributed by atoms with Crippen molar-refractivity contribution >= 4 is 17.6 Å². The van der Waals surface area contributed by atoms with Gasteiger partial charge < -0.3 is 9.64 Å². The Kier molecular flexibility index (Phi) is 6.66. The van der Waals surface area contributed by atoms with Crippen LogP contribution in [0.3, 0.4) is 0 Å². The van der Waals surface area contributed by atoms with Gasteiger partial charge in [-0.2, -0.15) is 0 Å². The highest BCUT2D eigenvalue weighted by atomic mass is 16.5. The lowest BCUT2D eigenvalue weighted by atomic mass is 9.98. The molecule has 1 amide bonds. The molecule has 0 aliphatic heterocycles. The van der Waals surface area contributed by atoms with Crippen LogP contribution in [0.5, 0.6) is 0 Å². The largest absolute Gasteiger partial charge is 0.465 e. The Morgan fingerprint density at radius 3 is 2.57 bits per heavy atom. The summed E-state index contributed by atoms with van der Waals surface area (Å²) in [5.41, 5.74) is 1.76. The molecule has 1 aromatic carbocycles. The summed E-state index contributed by atoms with van der Waals surface area (Å²) in [5.74, 6) is -0.417. The fourth-order valence-electron chi connectivity index (χ4n) is 2.21. The Balaban J connectivity index is 3.14. The van der Waals surface area contributed by atoms with Crippen molar-refractivity contribution in [1.29, 1.82) is 0 Å². The second-order valence-electron chi connectivity index (χ2n) is 4.78. The maximum absolute atomic E-state index is 11.9. The predicted molar refractivity (Wildman–Crippen MR) is 84.3 cm³/mol. The van der Waals surface area contributed by atoms with E-state index in [1.165, 1.54) is 11.8 Å². The monoisotopic (exact) mass is 289 g/mol. The van der Waals surface area contributed by atoms with Crippen LogP contribution in [0.1, 0.15) is 39.2 Å². The molecule has 0 fully saturated rings. The molecule has 1 rings (SSSR count). The smallest absolute Gasteiger partial charge is 0.326 e. The number of hydrogen-bond donors (Lipinski definition) is 0. The fourth-order valence-corrected chi connectivity index (χ4v) is 2.21. The summed E-state index contributed by atoms with van der Waals surface area (Å²) in [7, 11) is 0. The first-order valence-electron chi connectivity index (χ1n) is 7.16. The fraction of sp³-hybridized carbons (Fsp3) is 0.412. The molecule has 0 saturated heterocycles. The molecule has 1 aromatic rings. The molecular formula is C17H23NO3. The Morgan fingerprint density at radius 1 is 1.33 bits per heavy atom. The number of carbonyl (C=O) groups is 2. The minimum Gasteiger partial charge on any atom is -0.465 e. The number of benzene rings is 1. The maximum atomic E-state index is 11.9. The van der Waals surface area contributed by atoms with Gasteiger partial charge in [-0.3, -0.25) is 9.59 Å². The van der Waals surface area contributed by atoms with Crippen LogP contribution in [0.4, 0.5) is 5.69 Å². The third kappa shape index (κ3) is 4.74. The number of esters is 1. The van der Waals surface area contributed by atoms with Crippen molar-refractivity contribution in [3.05, 3.63) is 42.0 Å². The zero-order chi connectivity index (χ0) is 15.8. The molecule has 1 unspecified atom stereocenters. The van der Waals surface area contributed by atoms with Crippen LogP contribution < -0.4 is 4.90 Å². The lowest BCUT2D eigenvalue weighted by Gasteiger charge is -2.24. The van der Waals surface area contributed by atoms with E-state index in [0.717, 1.165) is 11.3 Å². The molecule has 1 atom stereocenters. The van der Waals surface area contributed by atoms with E-state index in [1.807, 2.05) is 37.3 Å². The first kappa shape index (κ1) is 17.0. The highest BCUT2D eigenvalue weighted by molar-refractivity contribution is 5.97. The zero-order valence-corrected chi connectivity index (χ0v) is 13.1. The highest BCUT2D eigenvalue weighted by Crippen LogP contribution is 2.28. The number of carbonyl (C=O) groups excluding carboxylic acids is 2. The Labute approximate surface area is 126 Å². The molecule has 0 N–H and O–H groups in total. The zero-order valence-electron chi connectivity index (χ0n) is 13.1. The molecule has 0 aliphatic carbocycles. The maximum Gasteiger partial charge on any atom is 0.326 e. The van der Waals surface area contributed by atoms with Gasteiger partial charge in [-0.25, -0.2) is 0 Å². The summed E-state index contributed by atoms with van der Waals surface area (Å²) in [6.07, 6.45) is 4.03. The lowest BCUT2D eigenvalue weighted by molar-refractivity contribution is -0.142. The number of anilines is 1. The highest BCUT2D eigenvalue weighted by Gasteiger charge is 2.20. The van der Waals surface area contributed by atoms with Gasteiger partial charge in [0, 0.05) is 18.5 Å². The summed E-state index contributed by atoms with van der Waals surface area (Å²) >= 11 is 0. The van der Waals surface area contributed by atoms with Crippen molar-refractivity contribution in [2.75, 3.05) is 18.1 Å². The van der Waals surface area contributed by atoms with Crippen LogP contribution in [0, 0.1) is 0 Å². The van der Waals surface area contributed by atoms with Crippen molar-refractivity contribution < 1.29 is 14.3 Å². The Bertz CT molecular complexity index is 523. The molecule has 0 heterocycles. The van der Waals surface area contributed by atoms with Crippen LogP contribution in [-0.2, 0) is 14.3 Å². The van der Waals surface area contributed by atoms with Gasteiger partial charge in [0.15, 0.2) is 0 Å². The van der Waals surface area contributed by atoms with E-state index in [-0.39, 0.29) is 18.4 Å². The van der Waals surface area contributed by atoms with E-state index in [2.05, 4.69) is 13.0 Å². The SMILES string of the molecule is C/C=C/C(C)c1ccccc1N(CC(=O)OCC)C(C)=O. The number of ether oxygens (including phenoxy) is 1. The van der Waals surface area contributed by atoms with Crippen LogP contribution in [0.25, 0.3) is 0 Å². The van der Waals surface area contributed by atoms with Crippen molar-refractivity contribution in [2.45, 2.75) is 33.6 Å². The predicted octanol–water partition coefficient (Wildman–Crippen LogP) is 3.28. The molecule has 21 heavy (non-hydrogen) atoms. The minimum absolute atomic E-state index is 0.0667. The van der Waals surface area contributed by atoms with E-state index in [0.29, 0.717) is 6.61 Å². The third-order valence-corrected chi connectivity index (χ3v) is 3.17. The van der Waals surface area contributed by atoms with Gasteiger partial charge >= 0.3 is 5.97 Å². The molecule has 4 nitrogen and oxygen atoms in total. The molecular weight excluding hydrogens is 266 g/mol. The summed E-state index contributed by atoms with van der Waals surface area (Å²) in [5, 5.41) is 0. The molecule has 0 radical (unpaired) electrons. The van der Waals surface area contributed by atoms with Gasteiger partial charge in [-0.05, 0) is 25.5 Å². The topological polar surface area (TPSA) is 46.6 Å². The van der Waals surface area contributed by atoms with Gasteiger partial charge in [-0.1, -0.05) is 37.3 Å². The summed E-state index contributed by atoms with van der Waals surface area (Å²) in [4.78, 5) is 25.1. The molecule has 114 valence electrons. The first-order chi connectivity index (χ1) is 10.0. The second kappa shape index (κ2) is 8.25. The van der Waals surface area contributed by atoms with E-state index in [9.17, 15) is 9.59 Å². The van der Waals surface area contributed by atoms with E-state index < -0.39 is 5.97 Å². The van der Waals surface area contributed by atoms with Gasteiger partial charge in [0.1, 0.15) is 6.54 Å². The molecule has 0 aliphatic rings. The lowest BCUT2D eigenvalue weighted by Crippen LogP contribution is -2.35. The number of nitrogens with zero attached hydrogens (tertiary/aromatic N) is 1. The Morgan fingerprint density at radius 2 is 2.00 bits per heavy atom. The second-order valence-corrected chi connectivity index (χ2v) is 4.78. The summed E-state index contributed by atoms with van der Waals surface area (Å²) < 4.78 is 4.95. The average molecular weight is 289 g/mol.